The first-order chi connectivity index (χ1) is 31.9. The Morgan fingerprint density at radius 3 is 1.62 bits per heavy atom. The van der Waals surface area contributed by atoms with Crippen LogP contribution in [0.25, 0.3) is 0 Å². The number of ether oxygens (including phenoxy) is 7. The number of nitrogens with one attached hydrogen (secondary N) is 4. The second-order valence-corrected chi connectivity index (χ2v) is 16.6. The molecule has 0 aromatic rings. The SMILES string of the molecule is CC(=O)N[C@H]1[C@H](O[C@@H]2[C@H](O)[C@@H](O)[C@@H](O[C@H]3CC(O)(C(=O)O)O[C@@H]([C@H](O)[C@H](O)CO)[C@@H]3NC(C)=O)O[C@@H]2C(=O)NC(CO)CO)O[C@H](C)[C@@H](O)[C@@H]1O[C@@H]1O[C@H](C(=O)NC(CO)CO)[C@H](O)[C@H](O)[C@H]1O. The minimum atomic E-state index is -3.28. The van der Waals surface area contributed by atoms with Crippen LogP contribution in [-0.2, 0) is 57.1 Å². The van der Waals surface area contributed by atoms with E-state index in [0.29, 0.717) is 0 Å². The van der Waals surface area contributed by atoms with Gasteiger partial charge in [-0.2, -0.15) is 0 Å². The fourth-order valence-corrected chi connectivity index (χ4v) is 7.76. The maximum Gasteiger partial charge on any atom is 0.364 e. The summed E-state index contributed by atoms with van der Waals surface area (Å²) in [5, 5.41) is 165. The van der Waals surface area contributed by atoms with E-state index >= 15 is 0 Å². The van der Waals surface area contributed by atoms with Crippen molar-refractivity contribution in [3.8, 4) is 0 Å². The fourth-order valence-electron chi connectivity index (χ4n) is 7.76. The third kappa shape index (κ3) is 13.1. The molecule has 19 N–H and O–H groups in total. The molecule has 0 aromatic heterocycles. The zero-order chi connectivity index (χ0) is 51.1. The highest BCUT2D eigenvalue weighted by atomic mass is 16.8. The number of carbonyl (C=O) groups excluding carboxylic acids is 4. The van der Waals surface area contributed by atoms with Gasteiger partial charge in [0.15, 0.2) is 31.1 Å². The molecule has 4 rings (SSSR count). The first kappa shape index (κ1) is 57.1. The first-order valence-corrected chi connectivity index (χ1v) is 21.1. The van der Waals surface area contributed by atoms with Gasteiger partial charge in [-0.05, 0) is 6.92 Å². The molecule has 31 heteroatoms. The normalized spacial score (nSPS) is 39.7. The van der Waals surface area contributed by atoms with E-state index in [1.54, 1.807) is 0 Å². The highest BCUT2D eigenvalue weighted by Crippen LogP contribution is 2.37. The van der Waals surface area contributed by atoms with Crippen molar-refractivity contribution in [1.29, 1.82) is 0 Å². The summed E-state index contributed by atoms with van der Waals surface area (Å²) in [5.74, 6) is -9.68. The average Bonchev–Trinajstić information content (AvgIpc) is 3.29. The van der Waals surface area contributed by atoms with Crippen LogP contribution in [0.5, 0.6) is 0 Å². The molecule has 4 fully saturated rings. The number of carboxylic acid groups (broad SMARTS) is 1. The van der Waals surface area contributed by atoms with Gasteiger partial charge in [0.2, 0.25) is 11.8 Å². The Hall–Kier alpha value is -3.49. The molecule has 4 amide bonds. The van der Waals surface area contributed by atoms with Crippen molar-refractivity contribution in [2.45, 2.75) is 168 Å². The molecular formula is C37H62N4O27. The Bertz CT molecular complexity index is 1700. The third-order valence-corrected chi connectivity index (χ3v) is 11.5. The summed E-state index contributed by atoms with van der Waals surface area (Å²) < 4.78 is 40.0. The van der Waals surface area contributed by atoms with Crippen LogP contribution in [0.15, 0.2) is 0 Å². The molecule has 4 aliphatic rings. The molecule has 0 saturated carbocycles. The average molecular weight is 995 g/mol. The molecule has 68 heavy (non-hydrogen) atoms. The van der Waals surface area contributed by atoms with Gasteiger partial charge in [0.25, 0.3) is 17.6 Å². The number of rotatable bonds is 20. The van der Waals surface area contributed by atoms with Gasteiger partial charge in [0, 0.05) is 20.3 Å². The molecule has 0 aromatic carbocycles. The number of aliphatic hydroxyl groups is 14. The van der Waals surface area contributed by atoms with Crippen molar-refractivity contribution in [1.82, 2.24) is 21.3 Å². The minimum Gasteiger partial charge on any atom is -0.477 e. The number of hydrogen-bond acceptors (Lipinski definition) is 26. The lowest BCUT2D eigenvalue weighted by molar-refractivity contribution is -0.365. The van der Waals surface area contributed by atoms with Crippen LogP contribution in [0.3, 0.4) is 0 Å². The van der Waals surface area contributed by atoms with Crippen molar-refractivity contribution in [3.63, 3.8) is 0 Å². The molecular weight excluding hydrogens is 932 g/mol. The van der Waals surface area contributed by atoms with Crippen LogP contribution in [-0.4, -0.2) is 280 Å². The number of aliphatic hydroxyl groups excluding tert-OH is 13. The van der Waals surface area contributed by atoms with Gasteiger partial charge in [0.1, 0.15) is 73.2 Å². The predicted octanol–water partition coefficient (Wildman–Crippen LogP) is -12.3. The minimum absolute atomic E-state index is 0.769. The summed E-state index contributed by atoms with van der Waals surface area (Å²) in [6, 6.07) is -6.26. The van der Waals surface area contributed by atoms with Gasteiger partial charge in [-0.25, -0.2) is 4.79 Å². The Morgan fingerprint density at radius 1 is 0.618 bits per heavy atom. The lowest BCUT2D eigenvalue weighted by Gasteiger charge is -2.50. The summed E-state index contributed by atoms with van der Waals surface area (Å²) in [6.45, 7) is -1.30. The first-order valence-electron chi connectivity index (χ1n) is 21.1. The second-order valence-electron chi connectivity index (χ2n) is 16.6. The molecule has 1 unspecified atom stereocenters. The van der Waals surface area contributed by atoms with Crippen LogP contribution in [0.2, 0.25) is 0 Å². The van der Waals surface area contributed by atoms with E-state index in [4.69, 9.17) is 33.2 Å². The Balaban J connectivity index is 1.72. The van der Waals surface area contributed by atoms with E-state index < -0.39 is 209 Å². The van der Waals surface area contributed by atoms with E-state index in [9.17, 15) is 101 Å². The zero-order valence-corrected chi connectivity index (χ0v) is 36.6. The van der Waals surface area contributed by atoms with Crippen LogP contribution in [0.4, 0.5) is 0 Å². The smallest absolute Gasteiger partial charge is 0.364 e. The number of hydrogen-bond donors (Lipinski definition) is 19. The van der Waals surface area contributed by atoms with Gasteiger partial charge >= 0.3 is 5.97 Å². The van der Waals surface area contributed by atoms with Gasteiger partial charge in [-0.1, -0.05) is 0 Å². The summed E-state index contributed by atoms with van der Waals surface area (Å²) in [5.41, 5.74) is 0. The summed E-state index contributed by atoms with van der Waals surface area (Å²) in [7, 11) is 0. The summed E-state index contributed by atoms with van der Waals surface area (Å²) in [4.78, 5) is 64.1. The van der Waals surface area contributed by atoms with E-state index in [1.165, 1.54) is 6.92 Å². The molecule has 0 radical (unpaired) electrons. The molecule has 31 nitrogen and oxygen atoms in total. The predicted molar refractivity (Wildman–Crippen MR) is 211 cm³/mol. The van der Waals surface area contributed by atoms with Gasteiger partial charge < -0.3 is 131 Å². The van der Waals surface area contributed by atoms with Crippen LogP contribution in [0.1, 0.15) is 27.2 Å². The standard InChI is InChI=1S/C37H62N4O27/c1-10-19(50)26(64-35-24(55)21(52)22(53)29(66-35)31(57)40-13(5-42)6-43)18(39-12(3)48)33(62-10)65-28-23(54)25(56)34(67-30(28)32(58)41-14(7-44)8-45)63-16-4-37(61,36(59)60)68-27(17(16)38-11(2)47)20(51)15(49)9-46/h10,13-30,33-35,42-46,49-56,61H,4-9H2,1-3H3,(H,38,47)(H,39,48)(H,40,57)(H,41,58)(H,59,60)/t10-,15-,16+,17-,18-,19-,20-,21+,22-,23-,24-,25-,26-,27-,28-,29+,30+,33+,34+,35-,37?/m1/s1. The largest absolute Gasteiger partial charge is 0.477 e. The molecule has 21 atom stereocenters. The van der Waals surface area contributed by atoms with Crippen molar-refractivity contribution in [3.05, 3.63) is 0 Å². The van der Waals surface area contributed by atoms with E-state index in [-0.39, 0.29) is 0 Å². The van der Waals surface area contributed by atoms with Crippen LogP contribution >= 0.6 is 0 Å². The monoisotopic (exact) mass is 994 g/mol. The molecule has 4 saturated heterocycles. The quantitative estimate of drug-likeness (QED) is 0.0538. The van der Waals surface area contributed by atoms with Crippen molar-refractivity contribution < 1.29 is 134 Å². The topological polar surface area (TPSA) is 502 Å². The molecule has 0 bridgehead atoms. The summed E-state index contributed by atoms with van der Waals surface area (Å²) in [6.07, 6.45) is -38.9. The third-order valence-electron chi connectivity index (χ3n) is 11.5. The Kier molecular flexibility index (Phi) is 20.6. The van der Waals surface area contributed by atoms with Gasteiger partial charge in [-0.15, -0.1) is 0 Å². The van der Waals surface area contributed by atoms with Crippen LogP contribution < -0.4 is 21.3 Å². The van der Waals surface area contributed by atoms with Crippen LogP contribution in [0, 0.1) is 0 Å². The van der Waals surface area contributed by atoms with Crippen molar-refractivity contribution in [2.75, 3.05) is 33.0 Å². The highest BCUT2D eigenvalue weighted by molar-refractivity contribution is 5.82. The lowest BCUT2D eigenvalue weighted by Crippen LogP contribution is -2.71. The number of carbonyl (C=O) groups is 5. The highest BCUT2D eigenvalue weighted by Gasteiger charge is 2.59. The maximum atomic E-state index is 13.9. The Morgan fingerprint density at radius 2 is 1.10 bits per heavy atom. The maximum absolute atomic E-state index is 13.9. The lowest BCUT2D eigenvalue weighted by atomic mass is 9.88. The number of carboxylic acids is 1. The Labute approximate surface area is 385 Å². The van der Waals surface area contributed by atoms with E-state index in [1.807, 2.05) is 0 Å². The molecule has 0 spiro atoms. The second kappa shape index (κ2) is 24.6. The summed E-state index contributed by atoms with van der Waals surface area (Å²) >= 11 is 0. The van der Waals surface area contributed by atoms with E-state index in [2.05, 4.69) is 21.3 Å². The van der Waals surface area contributed by atoms with Crippen molar-refractivity contribution >= 4 is 29.6 Å². The number of aliphatic carboxylic acids is 1. The molecule has 4 aliphatic heterocycles. The molecule has 0 aliphatic carbocycles. The van der Waals surface area contributed by atoms with E-state index in [0.717, 1.165) is 13.8 Å². The van der Waals surface area contributed by atoms with Gasteiger partial charge in [0.05, 0.1) is 63.4 Å². The van der Waals surface area contributed by atoms with Gasteiger partial charge in [-0.3, -0.25) is 19.2 Å². The molecule has 392 valence electrons. The fraction of sp³-hybridized carbons (Fsp3) is 0.865. The molecule has 4 heterocycles. The van der Waals surface area contributed by atoms with Crippen molar-refractivity contribution in [2.24, 2.45) is 0 Å². The number of amides is 4. The zero-order valence-electron chi connectivity index (χ0n) is 36.6.